The van der Waals surface area contributed by atoms with Crippen molar-refractivity contribution >= 4 is 11.6 Å². The van der Waals surface area contributed by atoms with Crippen molar-refractivity contribution in [3.63, 3.8) is 0 Å². The zero-order valence-corrected chi connectivity index (χ0v) is 17.4. The highest BCUT2D eigenvalue weighted by atomic mass is 16.5. The van der Waals surface area contributed by atoms with Crippen molar-refractivity contribution in [3.8, 4) is 0 Å². The van der Waals surface area contributed by atoms with Gasteiger partial charge in [0.2, 0.25) is 0 Å². The maximum atomic E-state index is 13.2. The van der Waals surface area contributed by atoms with Crippen molar-refractivity contribution < 1.29 is 9.53 Å². The van der Waals surface area contributed by atoms with Crippen molar-refractivity contribution in [1.29, 1.82) is 0 Å². The molecule has 0 atom stereocenters. The van der Waals surface area contributed by atoms with E-state index in [9.17, 15) is 9.59 Å². The van der Waals surface area contributed by atoms with E-state index in [0.29, 0.717) is 37.5 Å². The minimum atomic E-state index is -0.245. The van der Waals surface area contributed by atoms with Gasteiger partial charge in [-0.1, -0.05) is 30.3 Å². The number of nitrogens with one attached hydrogen (secondary N) is 1. The Hall–Kier alpha value is -2.97. The van der Waals surface area contributed by atoms with Gasteiger partial charge in [0.1, 0.15) is 5.56 Å². The second-order valence-electron chi connectivity index (χ2n) is 7.46. The molecular weight excluding hydrogens is 382 g/mol. The number of amides is 1. The topological polar surface area (TPSA) is 80.9 Å². The van der Waals surface area contributed by atoms with Crippen LogP contribution in [0.4, 0.5) is 0 Å². The number of ether oxygens (including phenoxy) is 1. The molecule has 1 aromatic carbocycles. The van der Waals surface area contributed by atoms with Crippen LogP contribution in [-0.4, -0.2) is 51.8 Å². The van der Waals surface area contributed by atoms with E-state index >= 15 is 0 Å². The SMILES string of the molecule is CCn1c2c(c(=O)n3ncc(C(=O)NCCOC)c13)CN(Cc1ccccc1)CC2. The number of fused-ring (bicyclic) bond motifs is 2. The van der Waals surface area contributed by atoms with Crippen LogP contribution in [0.3, 0.4) is 0 Å². The summed E-state index contributed by atoms with van der Waals surface area (Å²) in [7, 11) is 1.59. The number of nitrogens with zero attached hydrogens (tertiary/aromatic N) is 4. The van der Waals surface area contributed by atoms with E-state index in [2.05, 4.69) is 32.0 Å². The van der Waals surface area contributed by atoms with E-state index in [0.717, 1.165) is 30.8 Å². The first-order valence-electron chi connectivity index (χ1n) is 10.3. The normalized spacial score (nSPS) is 14.1. The zero-order chi connectivity index (χ0) is 21.1. The summed E-state index contributed by atoms with van der Waals surface area (Å²) in [4.78, 5) is 28.2. The smallest absolute Gasteiger partial charge is 0.279 e. The van der Waals surface area contributed by atoms with Gasteiger partial charge in [-0.25, -0.2) is 0 Å². The average Bonchev–Trinajstić information content (AvgIpc) is 3.21. The Balaban J connectivity index is 1.69. The van der Waals surface area contributed by atoms with Crippen LogP contribution in [-0.2, 0) is 30.8 Å². The number of hydrogen-bond acceptors (Lipinski definition) is 5. The van der Waals surface area contributed by atoms with E-state index in [1.165, 1.54) is 16.3 Å². The molecule has 0 saturated heterocycles. The van der Waals surface area contributed by atoms with Crippen LogP contribution in [0.5, 0.6) is 0 Å². The third kappa shape index (κ3) is 3.76. The van der Waals surface area contributed by atoms with Gasteiger partial charge >= 0.3 is 0 Å². The molecule has 4 rings (SSSR count). The molecule has 1 N–H and O–H groups in total. The molecule has 0 bridgehead atoms. The molecule has 0 unspecified atom stereocenters. The van der Waals surface area contributed by atoms with E-state index in [4.69, 9.17) is 4.74 Å². The van der Waals surface area contributed by atoms with Gasteiger partial charge < -0.3 is 14.6 Å². The molecule has 30 heavy (non-hydrogen) atoms. The first kappa shape index (κ1) is 20.3. The fourth-order valence-corrected chi connectivity index (χ4v) is 4.14. The van der Waals surface area contributed by atoms with Crippen molar-refractivity contribution in [2.75, 3.05) is 26.8 Å². The molecule has 1 aliphatic rings. The summed E-state index contributed by atoms with van der Waals surface area (Å²) in [6, 6.07) is 10.3. The number of methoxy groups -OCH3 is 1. The lowest BCUT2D eigenvalue weighted by Crippen LogP contribution is -2.38. The molecular formula is C22H27N5O3. The average molecular weight is 409 g/mol. The summed E-state index contributed by atoms with van der Waals surface area (Å²) >= 11 is 0. The van der Waals surface area contributed by atoms with Crippen LogP contribution < -0.4 is 10.9 Å². The van der Waals surface area contributed by atoms with Crippen molar-refractivity contribution in [2.24, 2.45) is 0 Å². The van der Waals surface area contributed by atoms with Crippen LogP contribution in [0, 0.1) is 0 Å². The van der Waals surface area contributed by atoms with Crippen LogP contribution >= 0.6 is 0 Å². The summed E-state index contributed by atoms with van der Waals surface area (Å²) in [6.45, 7) is 5.77. The van der Waals surface area contributed by atoms with Gasteiger partial charge in [0.05, 0.1) is 18.4 Å². The third-order valence-corrected chi connectivity index (χ3v) is 5.57. The summed E-state index contributed by atoms with van der Waals surface area (Å²) in [5.41, 5.74) is 3.84. The Morgan fingerprint density at radius 3 is 2.80 bits per heavy atom. The van der Waals surface area contributed by atoms with Gasteiger partial charge in [-0.2, -0.15) is 9.61 Å². The van der Waals surface area contributed by atoms with Gasteiger partial charge in [0.15, 0.2) is 5.65 Å². The van der Waals surface area contributed by atoms with Gasteiger partial charge in [-0.05, 0) is 12.5 Å². The molecule has 0 fully saturated rings. The Kier molecular flexibility index (Phi) is 5.96. The van der Waals surface area contributed by atoms with Crippen molar-refractivity contribution in [1.82, 2.24) is 24.4 Å². The summed E-state index contributed by atoms with van der Waals surface area (Å²) in [6.07, 6.45) is 2.25. The molecule has 8 nitrogen and oxygen atoms in total. The molecule has 0 aliphatic carbocycles. The molecule has 0 radical (unpaired) electrons. The molecule has 158 valence electrons. The van der Waals surface area contributed by atoms with Crippen molar-refractivity contribution in [2.45, 2.75) is 33.0 Å². The van der Waals surface area contributed by atoms with E-state index in [1.54, 1.807) is 7.11 Å². The second kappa shape index (κ2) is 8.81. The standard InChI is InChI=1S/C22H27N5O3/c1-3-26-19-9-11-25(14-16-7-5-4-6-8-16)15-18(19)22(29)27-21(26)17(13-24-27)20(28)23-10-12-30-2/h4-8,13H,3,9-12,14-15H2,1-2H3,(H,23,28). The highest BCUT2D eigenvalue weighted by Crippen LogP contribution is 2.22. The first-order valence-corrected chi connectivity index (χ1v) is 10.3. The molecule has 3 heterocycles. The minimum absolute atomic E-state index is 0.140. The zero-order valence-electron chi connectivity index (χ0n) is 17.4. The largest absolute Gasteiger partial charge is 0.383 e. The predicted molar refractivity (Wildman–Crippen MR) is 114 cm³/mol. The van der Waals surface area contributed by atoms with Crippen LogP contribution in [0.1, 0.15) is 34.1 Å². The number of carbonyl (C=O) groups excluding carboxylic acids is 1. The predicted octanol–water partition coefficient (Wildman–Crippen LogP) is 1.45. The summed E-state index contributed by atoms with van der Waals surface area (Å²) in [5.74, 6) is -0.245. The fourth-order valence-electron chi connectivity index (χ4n) is 4.14. The van der Waals surface area contributed by atoms with Crippen LogP contribution in [0.25, 0.3) is 5.65 Å². The molecule has 1 aliphatic heterocycles. The maximum Gasteiger partial charge on any atom is 0.279 e. The fraction of sp³-hybridized carbons (Fsp3) is 0.409. The Labute approximate surface area is 175 Å². The third-order valence-electron chi connectivity index (χ3n) is 5.57. The molecule has 1 amide bonds. The highest BCUT2D eigenvalue weighted by molar-refractivity contribution is 5.99. The van der Waals surface area contributed by atoms with Crippen LogP contribution in [0.15, 0.2) is 41.3 Å². The Morgan fingerprint density at radius 1 is 1.27 bits per heavy atom. The number of benzene rings is 1. The number of aryl methyl sites for hydroxylation is 1. The number of hydrogen-bond donors (Lipinski definition) is 1. The lowest BCUT2D eigenvalue weighted by atomic mass is 10.0. The summed E-state index contributed by atoms with van der Waals surface area (Å²) < 4.78 is 8.43. The molecule has 0 spiro atoms. The van der Waals surface area contributed by atoms with Crippen molar-refractivity contribution in [3.05, 3.63) is 69.3 Å². The monoisotopic (exact) mass is 409 g/mol. The maximum absolute atomic E-state index is 13.2. The van der Waals surface area contributed by atoms with E-state index < -0.39 is 0 Å². The molecule has 3 aromatic rings. The highest BCUT2D eigenvalue weighted by Gasteiger charge is 2.26. The van der Waals surface area contributed by atoms with E-state index in [-0.39, 0.29) is 11.5 Å². The summed E-state index contributed by atoms with van der Waals surface area (Å²) in [5, 5.41) is 7.09. The molecule has 8 heteroatoms. The van der Waals surface area contributed by atoms with Gasteiger partial charge in [-0.3, -0.25) is 14.5 Å². The lowest BCUT2D eigenvalue weighted by molar-refractivity contribution is 0.0938. The quantitative estimate of drug-likeness (QED) is 0.598. The Bertz CT molecular complexity index is 1100. The number of rotatable bonds is 7. The number of carbonyl (C=O) groups is 1. The van der Waals surface area contributed by atoms with E-state index in [1.807, 2.05) is 25.1 Å². The minimum Gasteiger partial charge on any atom is -0.383 e. The second-order valence-corrected chi connectivity index (χ2v) is 7.46. The molecule has 0 saturated carbocycles. The van der Waals surface area contributed by atoms with Gasteiger partial charge in [0, 0.05) is 51.9 Å². The first-order chi connectivity index (χ1) is 14.6. The van der Waals surface area contributed by atoms with Crippen LogP contribution in [0.2, 0.25) is 0 Å². The van der Waals surface area contributed by atoms with Gasteiger partial charge in [0.25, 0.3) is 11.5 Å². The lowest BCUT2D eigenvalue weighted by Gasteiger charge is -2.30. The number of aromatic nitrogens is 3. The van der Waals surface area contributed by atoms with Gasteiger partial charge in [-0.15, -0.1) is 0 Å². The molecule has 2 aromatic heterocycles. The Morgan fingerprint density at radius 2 is 2.07 bits per heavy atom.